The minimum Gasteiger partial charge on any atom is -0.496 e. The Kier molecular flexibility index (Phi) is 5.55. The number of carboxylic acids is 1. The van der Waals surface area contributed by atoms with Crippen molar-refractivity contribution in [3.63, 3.8) is 0 Å². The van der Waals surface area contributed by atoms with Crippen LogP contribution in [-0.2, 0) is 4.79 Å². The topological polar surface area (TPSA) is 75.6 Å². The number of rotatable bonds is 6. The highest BCUT2D eigenvalue weighted by Crippen LogP contribution is 2.19. The SMILES string of the molecule is COc1cc(C(=O)NC(CC(=O)O)C(C)C)ccc1C. The molecule has 0 heterocycles. The van der Waals surface area contributed by atoms with Crippen LogP contribution in [0.3, 0.4) is 0 Å². The van der Waals surface area contributed by atoms with E-state index >= 15 is 0 Å². The van der Waals surface area contributed by atoms with Gasteiger partial charge in [-0.1, -0.05) is 19.9 Å². The molecule has 20 heavy (non-hydrogen) atoms. The first kappa shape index (κ1) is 16.0. The Morgan fingerprint density at radius 1 is 1.35 bits per heavy atom. The van der Waals surface area contributed by atoms with Gasteiger partial charge in [-0.2, -0.15) is 0 Å². The van der Waals surface area contributed by atoms with Crippen molar-refractivity contribution in [1.82, 2.24) is 5.32 Å². The van der Waals surface area contributed by atoms with E-state index in [-0.39, 0.29) is 18.2 Å². The molecule has 0 fully saturated rings. The number of aryl methyl sites for hydroxylation is 1. The second kappa shape index (κ2) is 6.93. The van der Waals surface area contributed by atoms with Crippen molar-refractivity contribution in [2.75, 3.05) is 7.11 Å². The number of aliphatic carboxylic acids is 1. The number of nitrogens with one attached hydrogen (secondary N) is 1. The molecule has 1 amide bonds. The van der Waals surface area contributed by atoms with Crippen LogP contribution in [0.5, 0.6) is 5.75 Å². The number of methoxy groups -OCH3 is 1. The third kappa shape index (κ3) is 4.26. The number of ether oxygens (including phenoxy) is 1. The first-order chi connectivity index (χ1) is 9.35. The van der Waals surface area contributed by atoms with Crippen molar-refractivity contribution in [3.05, 3.63) is 29.3 Å². The summed E-state index contributed by atoms with van der Waals surface area (Å²) in [6.45, 7) is 5.65. The van der Waals surface area contributed by atoms with Gasteiger partial charge in [0.2, 0.25) is 0 Å². The molecule has 1 unspecified atom stereocenters. The highest BCUT2D eigenvalue weighted by Gasteiger charge is 2.20. The van der Waals surface area contributed by atoms with Gasteiger partial charge in [0.05, 0.1) is 13.5 Å². The van der Waals surface area contributed by atoms with Crippen molar-refractivity contribution in [1.29, 1.82) is 0 Å². The van der Waals surface area contributed by atoms with Crippen molar-refractivity contribution >= 4 is 11.9 Å². The van der Waals surface area contributed by atoms with E-state index in [0.29, 0.717) is 11.3 Å². The van der Waals surface area contributed by atoms with E-state index in [0.717, 1.165) is 5.56 Å². The van der Waals surface area contributed by atoms with Crippen LogP contribution in [0, 0.1) is 12.8 Å². The third-order valence-electron chi connectivity index (χ3n) is 3.19. The molecule has 5 nitrogen and oxygen atoms in total. The molecule has 0 saturated heterocycles. The Morgan fingerprint density at radius 2 is 2.00 bits per heavy atom. The molecule has 1 atom stereocenters. The standard InChI is InChI=1S/C15H21NO4/c1-9(2)12(8-14(17)18)16-15(19)11-6-5-10(3)13(7-11)20-4/h5-7,9,12H,8H2,1-4H3,(H,16,19)(H,17,18). The van der Waals surface area contributed by atoms with Crippen molar-refractivity contribution < 1.29 is 19.4 Å². The van der Waals surface area contributed by atoms with Crippen LogP contribution in [0.2, 0.25) is 0 Å². The molecule has 0 aliphatic heterocycles. The highest BCUT2D eigenvalue weighted by molar-refractivity contribution is 5.95. The summed E-state index contributed by atoms with van der Waals surface area (Å²) in [5.41, 5.74) is 1.40. The molecule has 5 heteroatoms. The summed E-state index contributed by atoms with van der Waals surface area (Å²) in [5.74, 6) is -0.534. The maximum atomic E-state index is 12.2. The van der Waals surface area contributed by atoms with E-state index in [1.54, 1.807) is 25.3 Å². The molecular formula is C15H21NO4. The molecule has 1 aromatic carbocycles. The summed E-state index contributed by atoms with van der Waals surface area (Å²) in [7, 11) is 1.55. The lowest BCUT2D eigenvalue weighted by Crippen LogP contribution is -2.40. The highest BCUT2D eigenvalue weighted by atomic mass is 16.5. The molecular weight excluding hydrogens is 258 g/mol. The predicted octanol–water partition coefficient (Wildman–Crippen LogP) is 2.23. The summed E-state index contributed by atoms with van der Waals surface area (Å²) in [4.78, 5) is 23.0. The number of amides is 1. The second-order valence-electron chi connectivity index (χ2n) is 5.11. The summed E-state index contributed by atoms with van der Waals surface area (Å²) in [6, 6.07) is 4.76. The fraction of sp³-hybridized carbons (Fsp3) is 0.467. The molecule has 0 aliphatic carbocycles. The maximum absolute atomic E-state index is 12.2. The fourth-order valence-electron chi connectivity index (χ4n) is 1.85. The van der Waals surface area contributed by atoms with E-state index in [2.05, 4.69) is 5.32 Å². The molecule has 0 aliphatic rings. The van der Waals surface area contributed by atoms with Gasteiger partial charge in [-0.3, -0.25) is 9.59 Å². The molecule has 1 rings (SSSR count). The van der Waals surface area contributed by atoms with E-state index in [9.17, 15) is 9.59 Å². The molecule has 2 N–H and O–H groups in total. The average Bonchev–Trinajstić information content (AvgIpc) is 2.37. The molecule has 1 aromatic rings. The first-order valence-corrected chi connectivity index (χ1v) is 6.52. The predicted molar refractivity (Wildman–Crippen MR) is 76.1 cm³/mol. The van der Waals surface area contributed by atoms with Crippen LogP contribution >= 0.6 is 0 Å². The Hall–Kier alpha value is -2.04. The Morgan fingerprint density at radius 3 is 2.50 bits per heavy atom. The van der Waals surface area contributed by atoms with Gasteiger partial charge in [-0.15, -0.1) is 0 Å². The zero-order valence-corrected chi connectivity index (χ0v) is 12.3. The largest absolute Gasteiger partial charge is 0.496 e. The molecule has 0 spiro atoms. The van der Waals surface area contributed by atoms with Crippen LogP contribution in [0.25, 0.3) is 0 Å². The van der Waals surface area contributed by atoms with E-state index in [1.807, 2.05) is 20.8 Å². The van der Waals surface area contributed by atoms with E-state index < -0.39 is 12.0 Å². The van der Waals surface area contributed by atoms with Gasteiger partial charge in [-0.25, -0.2) is 0 Å². The third-order valence-corrected chi connectivity index (χ3v) is 3.19. The molecule has 0 radical (unpaired) electrons. The molecule has 0 bridgehead atoms. The zero-order chi connectivity index (χ0) is 15.3. The molecule has 110 valence electrons. The summed E-state index contributed by atoms with van der Waals surface area (Å²) < 4.78 is 5.18. The Bertz CT molecular complexity index is 497. The summed E-state index contributed by atoms with van der Waals surface area (Å²) >= 11 is 0. The quantitative estimate of drug-likeness (QED) is 0.837. The summed E-state index contributed by atoms with van der Waals surface area (Å²) in [6.07, 6.45) is -0.0909. The first-order valence-electron chi connectivity index (χ1n) is 6.52. The smallest absolute Gasteiger partial charge is 0.305 e. The maximum Gasteiger partial charge on any atom is 0.305 e. The lowest BCUT2D eigenvalue weighted by molar-refractivity contribution is -0.137. The van der Waals surface area contributed by atoms with Gasteiger partial charge in [-0.05, 0) is 30.5 Å². The normalized spacial score (nSPS) is 12.1. The van der Waals surface area contributed by atoms with Gasteiger partial charge in [0.15, 0.2) is 0 Å². The fourth-order valence-corrected chi connectivity index (χ4v) is 1.85. The van der Waals surface area contributed by atoms with Gasteiger partial charge in [0, 0.05) is 11.6 Å². The average molecular weight is 279 g/mol. The number of benzene rings is 1. The lowest BCUT2D eigenvalue weighted by atomic mass is 10.0. The second-order valence-corrected chi connectivity index (χ2v) is 5.11. The van der Waals surface area contributed by atoms with Gasteiger partial charge in [0.1, 0.15) is 5.75 Å². The Balaban J connectivity index is 2.86. The lowest BCUT2D eigenvalue weighted by Gasteiger charge is -2.20. The minimum absolute atomic E-state index is 0.0439. The minimum atomic E-state index is -0.925. The van der Waals surface area contributed by atoms with Crippen molar-refractivity contribution in [3.8, 4) is 5.75 Å². The van der Waals surface area contributed by atoms with Crippen LogP contribution in [0.4, 0.5) is 0 Å². The van der Waals surface area contributed by atoms with E-state index in [4.69, 9.17) is 9.84 Å². The number of hydrogen-bond acceptors (Lipinski definition) is 3. The summed E-state index contributed by atoms with van der Waals surface area (Å²) in [5, 5.41) is 11.6. The van der Waals surface area contributed by atoms with Crippen molar-refractivity contribution in [2.24, 2.45) is 5.92 Å². The van der Waals surface area contributed by atoms with Crippen LogP contribution in [0.1, 0.15) is 36.2 Å². The number of carboxylic acid groups (broad SMARTS) is 1. The van der Waals surface area contributed by atoms with Crippen LogP contribution < -0.4 is 10.1 Å². The van der Waals surface area contributed by atoms with Gasteiger partial charge >= 0.3 is 5.97 Å². The monoisotopic (exact) mass is 279 g/mol. The molecule has 0 aromatic heterocycles. The number of hydrogen-bond donors (Lipinski definition) is 2. The number of carbonyl (C=O) groups is 2. The Labute approximate surface area is 118 Å². The number of carbonyl (C=O) groups excluding carboxylic acids is 1. The zero-order valence-electron chi connectivity index (χ0n) is 12.3. The van der Waals surface area contributed by atoms with Gasteiger partial charge in [0.25, 0.3) is 5.91 Å². The van der Waals surface area contributed by atoms with Crippen LogP contribution in [-0.4, -0.2) is 30.1 Å². The van der Waals surface area contributed by atoms with Crippen molar-refractivity contribution in [2.45, 2.75) is 33.2 Å². The molecule has 0 saturated carbocycles. The van der Waals surface area contributed by atoms with Crippen LogP contribution in [0.15, 0.2) is 18.2 Å². The van der Waals surface area contributed by atoms with E-state index in [1.165, 1.54) is 0 Å². The van der Waals surface area contributed by atoms with Gasteiger partial charge < -0.3 is 15.2 Å².